The summed E-state index contributed by atoms with van der Waals surface area (Å²) in [5, 5.41) is 3.43. The predicted octanol–water partition coefficient (Wildman–Crippen LogP) is 5.34. The molecule has 0 aliphatic rings. The second-order valence-corrected chi connectivity index (χ2v) is 6.89. The molecule has 0 aromatic heterocycles. The lowest BCUT2D eigenvalue weighted by molar-refractivity contribution is 0.585. The predicted molar refractivity (Wildman–Crippen MR) is 92.4 cm³/mol. The molecule has 0 fully saturated rings. The van der Waals surface area contributed by atoms with Crippen LogP contribution < -0.4 is 5.32 Å². The molecule has 112 valence electrons. The molecule has 0 aliphatic heterocycles. The minimum absolute atomic E-state index is 0.135. The topological polar surface area (TPSA) is 12.0 Å². The fourth-order valence-corrected chi connectivity index (χ4v) is 3.32. The van der Waals surface area contributed by atoms with Crippen molar-refractivity contribution < 1.29 is 4.39 Å². The second-order valence-electron chi connectivity index (χ2n) is 4.88. The van der Waals surface area contributed by atoms with Crippen molar-refractivity contribution in [2.45, 2.75) is 24.8 Å². The van der Waals surface area contributed by atoms with Crippen LogP contribution in [-0.2, 0) is 0 Å². The van der Waals surface area contributed by atoms with E-state index >= 15 is 0 Å². The first-order valence-electron chi connectivity index (χ1n) is 6.98. The average molecular weight is 368 g/mol. The third kappa shape index (κ3) is 4.83. The molecule has 1 atom stereocenters. The van der Waals surface area contributed by atoms with Crippen LogP contribution >= 0.6 is 27.7 Å². The molecule has 0 aliphatic carbocycles. The van der Waals surface area contributed by atoms with Gasteiger partial charge in [-0.3, -0.25) is 0 Å². The summed E-state index contributed by atoms with van der Waals surface area (Å²) < 4.78 is 14.8. The van der Waals surface area contributed by atoms with Crippen LogP contribution in [0.1, 0.15) is 24.1 Å². The SMILES string of the molecule is CCNC(CSc1ccc(Br)cc1)c1ccc(C)c(F)c1. The Morgan fingerprint density at radius 3 is 2.52 bits per heavy atom. The normalized spacial score (nSPS) is 12.4. The van der Waals surface area contributed by atoms with E-state index in [0.29, 0.717) is 5.56 Å². The van der Waals surface area contributed by atoms with Gasteiger partial charge in [-0.25, -0.2) is 4.39 Å². The van der Waals surface area contributed by atoms with Gasteiger partial charge >= 0.3 is 0 Å². The summed E-state index contributed by atoms with van der Waals surface area (Å²) in [4.78, 5) is 1.22. The smallest absolute Gasteiger partial charge is 0.126 e. The van der Waals surface area contributed by atoms with E-state index < -0.39 is 0 Å². The van der Waals surface area contributed by atoms with Gasteiger partial charge in [0.25, 0.3) is 0 Å². The highest BCUT2D eigenvalue weighted by Gasteiger charge is 2.12. The summed E-state index contributed by atoms with van der Waals surface area (Å²) in [6, 6.07) is 13.9. The van der Waals surface area contributed by atoms with Crippen LogP contribution in [0.15, 0.2) is 51.8 Å². The Morgan fingerprint density at radius 2 is 1.90 bits per heavy atom. The highest BCUT2D eigenvalue weighted by Crippen LogP contribution is 2.26. The van der Waals surface area contributed by atoms with E-state index in [1.807, 2.05) is 24.3 Å². The van der Waals surface area contributed by atoms with Crippen molar-refractivity contribution in [3.8, 4) is 0 Å². The molecule has 0 radical (unpaired) electrons. The number of benzene rings is 2. The fraction of sp³-hybridized carbons (Fsp3) is 0.294. The van der Waals surface area contributed by atoms with E-state index in [0.717, 1.165) is 22.3 Å². The summed E-state index contributed by atoms with van der Waals surface area (Å²) in [6.07, 6.45) is 0. The third-order valence-corrected chi connectivity index (χ3v) is 4.91. The van der Waals surface area contributed by atoms with E-state index in [2.05, 4.69) is 40.3 Å². The van der Waals surface area contributed by atoms with Crippen LogP contribution in [0, 0.1) is 12.7 Å². The molecular weight excluding hydrogens is 349 g/mol. The molecule has 0 amide bonds. The summed E-state index contributed by atoms with van der Waals surface area (Å²) >= 11 is 5.21. The molecule has 0 spiro atoms. The van der Waals surface area contributed by atoms with Crippen molar-refractivity contribution in [3.63, 3.8) is 0 Å². The Labute approximate surface area is 138 Å². The van der Waals surface area contributed by atoms with Crippen LogP contribution in [-0.4, -0.2) is 12.3 Å². The maximum absolute atomic E-state index is 13.7. The maximum Gasteiger partial charge on any atom is 0.126 e. The largest absolute Gasteiger partial charge is 0.309 e. The molecule has 0 heterocycles. The van der Waals surface area contributed by atoms with Gasteiger partial charge in [0.05, 0.1) is 0 Å². The van der Waals surface area contributed by atoms with Crippen LogP contribution in [0.2, 0.25) is 0 Å². The van der Waals surface area contributed by atoms with Gasteiger partial charge in [-0.1, -0.05) is 35.0 Å². The molecule has 1 unspecified atom stereocenters. The molecule has 4 heteroatoms. The van der Waals surface area contributed by atoms with Gasteiger partial charge in [0.2, 0.25) is 0 Å². The first kappa shape index (κ1) is 16.5. The van der Waals surface area contributed by atoms with Crippen LogP contribution in [0.25, 0.3) is 0 Å². The van der Waals surface area contributed by atoms with Crippen molar-refractivity contribution in [2.24, 2.45) is 0 Å². The second kappa shape index (κ2) is 7.97. The number of hydrogen-bond acceptors (Lipinski definition) is 2. The van der Waals surface area contributed by atoms with Crippen LogP contribution in [0.5, 0.6) is 0 Å². The molecule has 2 aromatic rings. The zero-order valence-corrected chi connectivity index (χ0v) is 14.6. The third-order valence-electron chi connectivity index (χ3n) is 3.28. The molecule has 2 aromatic carbocycles. The molecular formula is C17H19BrFNS. The van der Waals surface area contributed by atoms with E-state index in [4.69, 9.17) is 0 Å². The van der Waals surface area contributed by atoms with Crippen molar-refractivity contribution in [3.05, 3.63) is 63.9 Å². The Balaban J connectivity index is 2.07. The van der Waals surface area contributed by atoms with Gasteiger partial charge in [0.1, 0.15) is 5.82 Å². The minimum Gasteiger partial charge on any atom is -0.309 e. The number of rotatable bonds is 6. The van der Waals surface area contributed by atoms with Gasteiger partial charge in [0.15, 0.2) is 0 Å². The number of aryl methyl sites for hydroxylation is 1. The summed E-state index contributed by atoms with van der Waals surface area (Å²) in [5.41, 5.74) is 1.69. The van der Waals surface area contributed by atoms with Gasteiger partial charge in [-0.2, -0.15) is 0 Å². The minimum atomic E-state index is -0.135. The molecule has 0 bridgehead atoms. The Morgan fingerprint density at radius 1 is 1.19 bits per heavy atom. The molecule has 1 nitrogen and oxygen atoms in total. The lowest BCUT2D eigenvalue weighted by atomic mass is 10.1. The van der Waals surface area contributed by atoms with Crippen LogP contribution in [0.4, 0.5) is 4.39 Å². The van der Waals surface area contributed by atoms with E-state index in [1.54, 1.807) is 24.8 Å². The van der Waals surface area contributed by atoms with E-state index in [-0.39, 0.29) is 11.9 Å². The standard InChI is InChI=1S/C17H19BrFNS/c1-3-20-17(13-5-4-12(2)16(19)10-13)11-21-15-8-6-14(18)7-9-15/h4-10,17,20H,3,11H2,1-2H3. The monoisotopic (exact) mass is 367 g/mol. The van der Waals surface area contributed by atoms with E-state index in [1.165, 1.54) is 4.90 Å². The highest BCUT2D eigenvalue weighted by atomic mass is 79.9. The number of hydrogen-bond donors (Lipinski definition) is 1. The number of nitrogens with one attached hydrogen (secondary N) is 1. The lowest BCUT2D eigenvalue weighted by Crippen LogP contribution is -2.23. The van der Waals surface area contributed by atoms with Gasteiger partial charge in [-0.15, -0.1) is 11.8 Å². The molecule has 21 heavy (non-hydrogen) atoms. The summed E-state index contributed by atoms with van der Waals surface area (Å²) in [6.45, 7) is 4.72. The molecule has 1 N–H and O–H groups in total. The first-order chi connectivity index (χ1) is 10.1. The van der Waals surface area contributed by atoms with Crippen LogP contribution in [0.3, 0.4) is 0 Å². The van der Waals surface area contributed by atoms with Gasteiger partial charge in [0, 0.05) is 21.2 Å². The van der Waals surface area contributed by atoms with Crippen molar-refractivity contribution >= 4 is 27.7 Å². The summed E-state index contributed by atoms with van der Waals surface area (Å²) in [7, 11) is 0. The quantitative estimate of drug-likeness (QED) is 0.691. The van der Waals surface area contributed by atoms with Gasteiger partial charge < -0.3 is 5.32 Å². The van der Waals surface area contributed by atoms with Crippen molar-refractivity contribution in [1.29, 1.82) is 0 Å². The summed E-state index contributed by atoms with van der Waals surface area (Å²) in [5.74, 6) is 0.738. The fourth-order valence-electron chi connectivity index (χ4n) is 2.06. The number of thioether (sulfide) groups is 1. The molecule has 0 saturated carbocycles. The zero-order valence-electron chi connectivity index (χ0n) is 12.2. The van der Waals surface area contributed by atoms with Crippen molar-refractivity contribution in [1.82, 2.24) is 5.32 Å². The lowest BCUT2D eigenvalue weighted by Gasteiger charge is -2.18. The maximum atomic E-state index is 13.7. The average Bonchev–Trinajstić information content (AvgIpc) is 2.48. The number of halogens is 2. The highest BCUT2D eigenvalue weighted by molar-refractivity contribution is 9.10. The Hall–Kier alpha value is -0.840. The van der Waals surface area contributed by atoms with Gasteiger partial charge in [-0.05, 0) is 54.9 Å². The van der Waals surface area contributed by atoms with Crippen molar-refractivity contribution in [2.75, 3.05) is 12.3 Å². The molecule has 0 saturated heterocycles. The zero-order chi connectivity index (χ0) is 15.2. The Bertz CT molecular complexity index is 586. The molecule has 2 rings (SSSR count). The first-order valence-corrected chi connectivity index (χ1v) is 8.76. The van der Waals surface area contributed by atoms with E-state index in [9.17, 15) is 4.39 Å². The Kier molecular flexibility index (Phi) is 6.27.